The molecule has 1 aromatic heterocycles. The van der Waals surface area contributed by atoms with Crippen LogP contribution in [0.25, 0.3) is 0 Å². The molecule has 0 aliphatic carbocycles. The molecule has 0 radical (unpaired) electrons. The molecule has 0 bridgehead atoms. The number of nitrogens with one attached hydrogen (secondary N) is 1. The average Bonchev–Trinajstić information content (AvgIpc) is 2.47. The lowest BCUT2D eigenvalue weighted by Crippen LogP contribution is -2.23. The molecule has 5 nitrogen and oxygen atoms in total. The molecule has 0 aromatic carbocycles. The number of imidazole rings is 1. The second kappa shape index (κ2) is 3.93. The summed E-state index contributed by atoms with van der Waals surface area (Å²) in [5.74, 6) is -0.889. The monoisotopic (exact) mass is 184 g/mol. The van der Waals surface area contributed by atoms with Gasteiger partial charge in [0.25, 0.3) is 0 Å². The summed E-state index contributed by atoms with van der Waals surface area (Å²) in [5.41, 5.74) is -0.256. The van der Waals surface area contributed by atoms with E-state index in [4.69, 9.17) is 5.11 Å². The van der Waals surface area contributed by atoms with Crippen LogP contribution in [0.5, 0.6) is 0 Å². The van der Waals surface area contributed by atoms with E-state index in [0.29, 0.717) is 6.42 Å². The fourth-order valence-corrected chi connectivity index (χ4v) is 1.26. The minimum Gasteiger partial charge on any atom is -0.481 e. The van der Waals surface area contributed by atoms with Crippen LogP contribution >= 0.6 is 0 Å². The maximum Gasteiger partial charge on any atom is 0.325 e. The van der Waals surface area contributed by atoms with E-state index in [1.807, 2.05) is 6.92 Å². The molecule has 0 saturated heterocycles. The zero-order chi connectivity index (χ0) is 9.84. The normalized spacial score (nSPS) is 12.7. The van der Waals surface area contributed by atoms with Crippen molar-refractivity contribution >= 4 is 5.97 Å². The van der Waals surface area contributed by atoms with Crippen molar-refractivity contribution in [3.05, 3.63) is 22.9 Å². The molecule has 0 saturated carbocycles. The first-order valence-corrected chi connectivity index (χ1v) is 4.12. The predicted octanol–water partition coefficient (Wildman–Crippen LogP) is 0.602. The molecule has 0 spiro atoms. The van der Waals surface area contributed by atoms with Crippen LogP contribution in [0.1, 0.15) is 25.8 Å². The highest BCUT2D eigenvalue weighted by Gasteiger charge is 2.14. The summed E-state index contributed by atoms with van der Waals surface area (Å²) in [6.45, 7) is 1.85. The van der Waals surface area contributed by atoms with Gasteiger partial charge in [-0.15, -0.1) is 0 Å². The quantitative estimate of drug-likeness (QED) is 0.719. The van der Waals surface area contributed by atoms with E-state index in [2.05, 4.69) is 4.98 Å². The predicted molar refractivity (Wildman–Crippen MR) is 46.6 cm³/mol. The summed E-state index contributed by atoms with van der Waals surface area (Å²) in [5, 5.41) is 8.58. The summed E-state index contributed by atoms with van der Waals surface area (Å²) < 4.78 is 1.41. The smallest absolute Gasteiger partial charge is 0.325 e. The summed E-state index contributed by atoms with van der Waals surface area (Å²) in [6.07, 6.45) is 3.69. The third kappa shape index (κ3) is 2.21. The van der Waals surface area contributed by atoms with Gasteiger partial charge in [-0.1, -0.05) is 6.92 Å². The minimum absolute atomic E-state index is 0.0196. The Labute approximate surface area is 75.0 Å². The van der Waals surface area contributed by atoms with Crippen molar-refractivity contribution in [1.82, 2.24) is 9.55 Å². The Morgan fingerprint density at radius 1 is 1.77 bits per heavy atom. The lowest BCUT2D eigenvalue weighted by atomic mass is 10.1. The van der Waals surface area contributed by atoms with Crippen LogP contribution in [0, 0.1) is 0 Å². The van der Waals surface area contributed by atoms with E-state index < -0.39 is 5.97 Å². The molecule has 5 heteroatoms. The number of hydrogen-bond acceptors (Lipinski definition) is 2. The average molecular weight is 184 g/mol. The van der Waals surface area contributed by atoms with Crippen LogP contribution in [0.3, 0.4) is 0 Å². The highest BCUT2D eigenvalue weighted by atomic mass is 16.4. The molecule has 1 atom stereocenters. The SMILES string of the molecule is CCC(CC(=O)O)n1cc[nH]c1=O. The largest absolute Gasteiger partial charge is 0.481 e. The van der Waals surface area contributed by atoms with Crippen molar-refractivity contribution in [2.75, 3.05) is 0 Å². The molecule has 72 valence electrons. The number of H-pyrrole nitrogens is 1. The van der Waals surface area contributed by atoms with Gasteiger partial charge in [0.15, 0.2) is 0 Å². The second-order valence-corrected chi connectivity index (χ2v) is 2.83. The molecule has 0 fully saturated rings. The van der Waals surface area contributed by atoms with Crippen molar-refractivity contribution in [3.8, 4) is 0 Å². The lowest BCUT2D eigenvalue weighted by molar-refractivity contribution is -0.137. The van der Waals surface area contributed by atoms with Crippen LogP contribution in [0.15, 0.2) is 17.2 Å². The van der Waals surface area contributed by atoms with Gasteiger partial charge in [-0.3, -0.25) is 9.36 Å². The van der Waals surface area contributed by atoms with Crippen LogP contribution in [-0.2, 0) is 4.79 Å². The van der Waals surface area contributed by atoms with Crippen molar-refractivity contribution in [1.29, 1.82) is 0 Å². The molecular weight excluding hydrogens is 172 g/mol. The summed E-state index contributed by atoms with van der Waals surface area (Å²) >= 11 is 0. The van der Waals surface area contributed by atoms with Gasteiger partial charge in [0.05, 0.1) is 6.42 Å². The van der Waals surface area contributed by atoms with Gasteiger partial charge in [0.2, 0.25) is 0 Å². The van der Waals surface area contributed by atoms with Crippen molar-refractivity contribution in [2.24, 2.45) is 0 Å². The second-order valence-electron chi connectivity index (χ2n) is 2.83. The Bertz CT molecular complexity index is 339. The van der Waals surface area contributed by atoms with Gasteiger partial charge >= 0.3 is 11.7 Å². The molecule has 1 heterocycles. The van der Waals surface area contributed by atoms with Crippen molar-refractivity contribution in [2.45, 2.75) is 25.8 Å². The Morgan fingerprint density at radius 2 is 2.46 bits per heavy atom. The number of rotatable bonds is 4. The third-order valence-corrected chi connectivity index (χ3v) is 1.95. The Hall–Kier alpha value is -1.52. The fourth-order valence-electron chi connectivity index (χ4n) is 1.26. The Morgan fingerprint density at radius 3 is 2.85 bits per heavy atom. The molecule has 0 aliphatic rings. The summed E-state index contributed by atoms with van der Waals surface area (Å²) in [7, 11) is 0. The van der Waals surface area contributed by atoms with Gasteiger partial charge in [0.1, 0.15) is 0 Å². The standard InChI is InChI=1S/C8H12N2O3/c1-2-6(5-7(11)12)10-4-3-9-8(10)13/h3-4,6H,2,5H2,1H3,(H,9,13)(H,11,12). The molecule has 13 heavy (non-hydrogen) atoms. The number of aromatic nitrogens is 2. The maximum atomic E-state index is 11.1. The molecule has 1 aromatic rings. The van der Waals surface area contributed by atoms with Gasteiger partial charge in [-0.05, 0) is 6.42 Å². The van der Waals surface area contributed by atoms with E-state index >= 15 is 0 Å². The minimum atomic E-state index is -0.889. The molecular formula is C8H12N2O3. The number of aliphatic carboxylic acids is 1. The molecule has 2 N–H and O–H groups in total. The van der Waals surface area contributed by atoms with Gasteiger partial charge in [0, 0.05) is 18.4 Å². The lowest BCUT2D eigenvalue weighted by Gasteiger charge is -2.12. The van der Waals surface area contributed by atoms with Crippen LogP contribution in [0.4, 0.5) is 0 Å². The zero-order valence-electron chi connectivity index (χ0n) is 7.36. The van der Waals surface area contributed by atoms with Gasteiger partial charge in [-0.25, -0.2) is 4.79 Å². The first-order chi connectivity index (χ1) is 6.15. The van der Waals surface area contributed by atoms with E-state index in [1.165, 1.54) is 10.8 Å². The van der Waals surface area contributed by atoms with Crippen LogP contribution in [0.2, 0.25) is 0 Å². The summed E-state index contributed by atoms with van der Waals surface area (Å²) in [6, 6.07) is -0.253. The summed E-state index contributed by atoms with van der Waals surface area (Å²) in [4.78, 5) is 24.0. The molecule has 1 rings (SSSR count). The maximum absolute atomic E-state index is 11.1. The van der Waals surface area contributed by atoms with E-state index in [9.17, 15) is 9.59 Å². The topological polar surface area (TPSA) is 75.1 Å². The number of hydrogen-bond donors (Lipinski definition) is 2. The van der Waals surface area contributed by atoms with Crippen molar-refractivity contribution in [3.63, 3.8) is 0 Å². The number of nitrogens with zero attached hydrogens (tertiary/aromatic N) is 1. The first-order valence-electron chi connectivity index (χ1n) is 4.12. The van der Waals surface area contributed by atoms with E-state index in [1.54, 1.807) is 6.20 Å². The number of carboxylic acid groups (broad SMARTS) is 1. The van der Waals surface area contributed by atoms with Crippen LogP contribution in [-0.4, -0.2) is 20.6 Å². The molecule has 1 unspecified atom stereocenters. The molecule has 0 aliphatic heterocycles. The molecule has 0 amide bonds. The highest BCUT2D eigenvalue weighted by Crippen LogP contribution is 2.12. The third-order valence-electron chi connectivity index (χ3n) is 1.95. The van der Waals surface area contributed by atoms with Crippen LogP contribution < -0.4 is 5.69 Å². The number of aromatic amines is 1. The Kier molecular flexibility index (Phi) is 2.89. The zero-order valence-corrected chi connectivity index (χ0v) is 7.36. The number of carbonyl (C=O) groups is 1. The van der Waals surface area contributed by atoms with Gasteiger partial charge < -0.3 is 10.1 Å². The van der Waals surface area contributed by atoms with E-state index in [-0.39, 0.29) is 18.2 Å². The fraction of sp³-hybridized carbons (Fsp3) is 0.500. The number of carboxylic acids is 1. The van der Waals surface area contributed by atoms with E-state index in [0.717, 1.165) is 0 Å². The highest BCUT2D eigenvalue weighted by molar-refractivity contribution is 5.67. The van der Waals surface area contributed by atoms with Crippen molar-refractivity contribution < 1.29 is 9.90 Å². The Balaban J connectivity index is 2.84. The first kappa shape index (κ1) is 9.57. The van der Waals surface area contributed by atoms with Gasteiger partial charge in [-0.2, -0.15) is 0 Å².